The van der Waals surface area contributed by atoms with Gasteiger partial charge in [0.2, 0.25) is 10.0 Å². The van der Waals surface area contributed by atoms with Crippen LogP contribution in [0.3, 0.4) is 0 Å². The monoisotopic (exact) mass is 242 g/mol. The van der Waals surface area contributed by atoms with Crippen LogP contribution in [0.5, 0.6) is 0 Å². The van der Waals surface area contributed by atoms with Gasteiger partial charge in [0, 0.05) is 31.9 Å². The summed E-state index contributed by atoms with van der Waals surface area (Å²) < 4.78 is 24.9. The molecule has 0 bridgehead atoms. The van der Waals surface area contributed by atoms with Crippen molar-refractivity contribution < 1.29 is 8.42 Å². The van der Waals surface area contributed by atoms with Crippen LogP contribution in [0.15, 0.2) is 24.4 Å². The van der Waals surface area contributed by atoms with Gasteiger partial charge in [0.05, 0.1) is 5.25 Å². The van der Waals surface area contributed by atoms with Crippen LogP contribution in [-0.2, 0) is 16.4 Å². The maximum atomic E-state index is 11.8. The predicted molar refractivity (Wildman–Crippen MR) is 64.6 cm³/mol. The lowest BCUT2D eigenvalue weighted by Gasteiger charge is -2.19. The Bertz CT molecular complexity index is 415. The number of sulfonamides is 1. The molecule has 16 heavy (non-hydrogen) atoms. The van der Waals surface area contributed by atoms with Gasteiger partial charge in [-0.15, -0.1) is 0 Å². The van der Waals surface area contributed by atoms with Crippen molar-refractivity contribution in [2.75, 3.05) is 13.6 Å². The van der Waals surface area contributed by atoms with Crippen LogP contribution >= 0.6 is 0 Å². The average molecular weight is 242 g/mol. The number of hydrogen-bond donors (Lipinski definition) is 0. The first-order valence-electron chi connectivity index (χ1n) is 5.29. The molecule has 0 spiro atoms. The van der Waals surface area contributed by atoms with E-state index in [-0.39, 0.29) is 5.25 Å². The minimum absolute atomic E-state index is 0.374. The van der Waals surface area contributed by atoms with Crippen molar-refractivity contribution in [3.8, 4) is 0 Å². The van der Waals surface area contributed by atoms with Crippen LogP contribution in [0.25, 0.3) is 0 Å². The van der Waals surface area contributed by atoms with Crippen molar-refractivity contribution in [2.45, 2.75) is 25.5 Å². The summed E-state index contributed by atoms with van der Waals surface area (Å²) in [5, 5.41) is -0.374. The zero-order valence-corrected chi connectivity index (χ0v) is 10.7. The first-order chi connectivity index (χ1) is 7.44. The summed E-state index contributed by atoms with van der Waals surface area (Å²) in [7, 11) is -1.53. The third-order valence-electron chi connectivity index (χ3n) is 2.44. The lowest BCUT2D eigenvalue weighted by molar-refractivity contribution is 0.464. The number of likely N-dealkylation sites (N-methyl/N-ethyl adjacent to an activating group) is 1. The van der Waals surface area contributed by atoms with Crippen LogP contribution in [-0.4, -0.2) is 36.5 Å². The number of nitrogens with zero attached hydrogens (tertiary/aromatic N) is 2. The number of hydrogen-bond acceptors (Lipinski definition) is 3. The van der Waals surface area contributed by atoms with E-state index in [1.54, 1.807) is 27.1 Å². The van der Waals surface area contributed by atoms with Crippen LogP contribution < -0.4 is 0 Å². The fourth-order valence-corrected chi connectivity index (χ4v) is 2.37. The minimum Gasteiger partial charge on any atom is -0.261 e. The van der Waals surface area contributed by atoms with Crippen LogP contribution in [0.2, 0.25) is 0 Å². The van der Waals surface area contributed by atoms with E-state index in [0.717, 1.165) is 5.69 Å². The molecule has 0 N–H and O–H groups in total. The molecule has 90 valence electrons. The van der Waals surface area contributed by atoms with Crippen molar-refractivity contribution >= 4 is 10.0 Å². The Balaban J connectivity index is 2.57. The first kappa shape index (κ1) is 13.1. The van der Waals surface area contributed by atoms with E-state index < -0.39 is 10.0 Å². The van der Waals surface area contributed by atoms with Gasteiger partial charge in [0.25, 0.3) is 0 Å². The summed E-state index contributed by atoms with van der Waals surface area (Å²) in [6.07, 6.45) is 2.36. The molecule has 0 aliphatic carbocycles. The highest BCUT2D eigenvalue weighted by Gasteiger charge is 2.21. The summed E-state index contributed by atoms with van der Waals surface area (Å²) in [6.45, 7) is 3.84. The molecule has 1 rings (SSSR count). The molecule has 1 aromatic rings. The number of rotatable bonds is 5. The highest BCUT2D eigenvalue weighted by atomic mass is 32.2. The largest absolute Gasteiger partial charge is 0.261 e. The number of pyridine rings is 1. The highest BCUT2D eigenvalue weighted by Crippen LogP contribution is 2.07. The van der Waals surface area contributed by atoms with Crippen molar-refractivity contribution in [1.82, 2.24) is 9.29 Å². The SMILES string of the molecule is CC(C)S(=O)(=O)N(C)CCc1ccccn1. The summed E-state index contributed by atoms with van der Waals surface area (Å²) in [4.78, 5) is 4.16. The average Bonchev–Trinajstić information content (AvgIpc) is 2.27. The first-order valence-corrected chi connectivity index (χ1v) is 6.80. The Morgan fingerprint density at radius 3 is 2.56 bits per heavy atom. The van der Waals surface area contributed by atoms with Crippen molar-refractivity contribution in [2.24, 2.45) is 0 Å². The molecule has 0 unspecified atom stereocenters. The Labute approximate surface area is 97.4 Å². The van der Waals surface area contributed by atoms with Gasteiger partial charge in [-0.05, 0) is 26.0 Å². The van der Waals surface area contributed by atoms with E-state index in [1.165, 1.54) is 4.31 Å². The van der Waals surface area contributed by atoms with Crippen LogP contribution in [0, 0.1) is 0 Å². The molecule has 1 heterocycles. The van der Waals surface area contributed by atoms with E-state index in [4.69, 9.17) is 0 Å². The van der Waals surface area contributed by atoms with Gasteiger partial charge in [-0.1, -0.05) is 6.07 Å². The second kappa shape index (κ2) is 5.41. The van der Waals surface area contributed by atoms with Gasteiger partial charge >= 0.3 is 0 Å². The molecule has 0 saturated heterocycles. The van der Waals surface area contributed by atoms with Gasteiger partial charge in [-0.25, -0.2) is 12.7 Å². The minimum atomic E-state index is -3.14. The second-order valence-electron chi connectivity index (χ2n) is 3.99. The molecule has 0 aliphatic heterocycles. The summed E-state index contributed by atoms with van der Waals surface area (Å²) >= 11 is 0. The quantitative estimate of drug-likeness (QED) is 0.782. The lowest BCUT2D eigenvalue weighted by Crippen LogP contribution is -2.34. The second-order valence-corrected chi connectivity index (χ2v) is 6.58. The topological polar surface area (TPSA) is 50.3 Å². The molecule has 0 radical (unpaired) electrons. The van der Waals surface area contributed by atoms with E-state index in [0.29, 0.717) is 13.0 Å². The van der Waals surface area contributed by atoms with E-state index in [2.05, 4.69) is 4.98 Å². The van der Waals surface area contributed by atoms with Gasteiger partial charge in [-0.3, -0.25) is 4.98 Å². The van der Waals surface area contributed by atoms with Crippen LogP contribution in [0.4, 0.5) is 0 Å². The Morgan fingerprint density at radius 2 is 2.06 bits per heavy atom. The zero-order valence-electron chi connectivity index (χ0n) is 9.92. The Hall–Kier alpha value is -0.940. The van der Waals surface area contributed by atoms with E-state index >= 15 is 0 Å². The Morgan fingerprint density at radius 1 is 1.38 bits per heavy atom. The zero-order chi connectivity index (χ0) is 12.2. The molecule has 0 atom stereocenters. The third-order valence-corrected chi connectivity index (χ3v) is 4.68. The van der Waals surface area contributed by atoms with Gasteiger partial charge in [0.1, 0.15) is 0 Å². The Kier molecular flexibility index (Phi) is 4.44. The lowest BCUT2D eigenvalue weighted by atomic mass is 10.3. The predicted octanol–water partition coefficient (Wildman–Crippen LogP) is 1.29. The molecule has 0 aliphatic rings. The molecular weight excluding hydrogens is 224 g/mol. The summed E-state index contributed by atoms with van der Waals surface area (Å²) in [5.74, 6) is 0. The molecular formula is C11H18N2O2S. The van der Waals surface area contributed by atoms with Gasteiger partial charge in [0.15, 0.2) is 0 Å². The van der Waals surface area contributed by atoms with Gasteiger partial charge in [-0.2, -0.15) is 0 Å². The van der Waals surface area contributed by atoms with Crippen molar-refractivity contribution in [3.05, 3.63) is 30.1 Å². The molecule has 0 aromatic carbocycles. The summed E-state index contributed by atoms with van der Waals surface area (Å²) in [5.41, 5.74) is 0.910. The summed E-state index contributed by atoms with van der Waals surface area (Å²) in [6, 6.07) is 5.65. The van der Waals surface area contributed by atoms with Crippen molar-refractivity contribution in [1.29, 1.82) is 0 Å². The fourth-order valence-electron chi connectivity index (χ4n) is 1.31. The highest BCUT2D eigenvalue weighted by molar-refractivity contribution is 7.89. The number of aromatic nitrogens is 1. The van der Waals surface area contributed by atoms with Crippen molar-refractivity contribution in [3.63, 3.8) is 0 Å². The van der Waals surface area contributed by atoms with Crippen LogP contribution in [0.1, 0.15) is 19.5 Å². The maximum absolute atomic E-state index is 11.8. The van der Waals surface area contributed by atoms with Gasteiger partial charge < -0.3 is 0 Å². The molecule has 5 heteroatoms. The maximum Gasteiger partial charge on any atom is 0.216 e. The molecule has 4 nitrogen and oxygen atoms in total. The third kappa shape index (κ3) is 3.28. The molecule has 0 amide bonds. The van der Waals surface area contributed by atoms with E-state index in [1.807, 2.05) is 18.2 Å². The van der Waals surface area contributed by atoms with E-state index in [9.17, 15) is 8.42 Å². The normalized spacial score (nSPS) is 12.3. The molecule has 0 fully saturated rings. The standard InChI is InChI=1S/C11H18N2O2S/c1-10(2)16(14,15)13(3)9-7-11-6-4-5-8-12-11/h4-6,8,10H,7,9H2,1-3H3. The fraction of sp³-hybridized carbons (Fsp3) is 0.545. The smallest absolute Gasteiger partial charge is 0.216 e. The molecule has 0 saturated carbocycles. The molecule has 1 aromatic heterocycles.